The van der Waals surface area contributed by atoms with Crippen molar-refractivity contribution in [1.29, 1.82) is 0 Å². The number of fused-ring (bicyclic) bond motifs is 1. The van der Waals surface area contributed by atoms with Gasteiger partial charge in [-0.3, -0.25) is 24.3 Å². The number of carbonyl (C=O) groups is 1. The molecule has 9 nitrogen and oxygen atoms in total. The fourth-order valence-corrected chi connectivity index (χ4v) is 4.95. The zero-order chi connectivity index (χ0) is 25.9. The van der Waals surface area contributed by atoms with E-state index in [1.54, 1.807) is 60.7 Å². The first-order valence-electron chi connectivity index (χ1n) is 12.3. The Balaban J connectivity index is 1.50. The summed E-state index contributed by atoms with van der Waals surface area (Å²) >= 11 is 0. The lowest BCUT2D eigenvalue weighted by Gasteiger charge is -2.15. The molecule has 0 spiro atoms. The number of aromatic nitrogens is 2. The molecular weight excluding hydrogens is 472 g/mol. The minimum absolute atomic E-state index is 0.0400. The molecule has 3 aromatic carbocycles. The van der Waals surface area contributed by atoms with E-state index >= 15 is 0 Å². The van der Waals surface area contributed by atoms with Gasteiger partial charge in [-0.15, -0.1) is 0 Å². The van der Waals surface area contributed by atoms with Gasteiger partial charge >= 0.3 is 5.69 Å². The Bertz CT molecular complexity index is 1600. The van der Waals surface area contributed by atoms with Crippen LogP contribution in [0.5, 0.6) is 0 Å². The molecule has 0 saturated heterocycles. The summed E-state index contributed by atoms with van der Waals surface area (Å²) < 4.78 is 2.54. The van der Waals surface area contributed by atoms with Crippen molar-refractivity contribution in [1.82, 2.24) is 14.5 Å². The third kappa shape index (κ3) is 5.06. The Morgan fingerprint density at radius 3 is 2.41 bits per heavy atom. The Hall–Kier alpha value is -4.53. The van der Waals surface area contributed by atoms with E-state index < -0.39 is 16.2 Å². The second-order valence-electron chi connectivity index (χ2n) is 9.35. The van der Waals surface area contributed by atoms with Crippen molar-refractivity contribution in [2.45, 2.75) is 44.7 Å². The lowest BCUT2D eigenvalue weighted by Crippen LogP contribution is -2.39. The van der Waals surface area contributed by atoms with Crippen LogP contribution in [0, 0.1) is 10.1 Å². The number of amides is 1. The summed E-state index contributed by atoms with van der Waals surface area (Å²) in [5.41, 5.74) is 1.09. The molecule has 0 radical (unpaired) electrons. The zero-order valence-electron chi connectivity index (χ0n) is 20.1. The molecule has 1 saturated carbocycles. The lowest BCUT2D eigenvalue weighted by molar-refractivity contribution is -0.384. The molecule has 9 heteroatoms. The van der Waals surface area contributed by atoms with E-state index in [1.165, 1.54) is 16.7 Å². The highest BCUT2D eigenvalue weighted by atomic mass is 16.6. The molecule has 4 aromatic rings. The topological polar surface area (TPSA) is 116 Å². The Morgan fingerprint density at radius 1 is 0.946 bits per heavy atom. The monoisotopic (exact) mass is 498 g/mol. The predicted molar refractivity (Wildman–Crippen MR) is 140 cm³/mol. The van der Waals surface area contributed by atoms with Crippen molar-refractivity contribution in [3.05, 3.63) is 115 Å². The molecule has 1 N–H and O–H groups in total. The smallest absolute Gasteiger partial charge is 0.336 e. The van der Waals surface area contributed by atoms with Crippen molar-refractivity contribution in [3.63, 3.8) is 0 Å². The third-order valence-electron chi connectivity index (χ3n) is 6.79. The molecule has 1 amide bonds. The highest BCUT2D eigenvalue weighted by Gasteiger charge is 2.18. The number of carbonyl (C=O) groups excluding carboxylic acids is 1. The highest BCUT2D eigenvalue weighted by Crippen LogP contribution is 2.19. The SMILES string of the molecule is O=C(Cc1ccc(-n2c(=O)c3ccccc3n(Cc3cccc([N+](=O)[O-])c3)c2=O)cc1)NC1CCCC1. The number of nitrogens with zero attached hydrogens (tertiary/aromatic N) is 3. The van der Waals surface area contributed by atoms with Gasteiger partial charge in [0.2, 0.25) is 5.91 Å². The summed E-state index contributed by atoms with van der Waals surface area (Å²) in [5.74, 6) is -0.0400. The molecule has 1 heterocycles. The van der Waals surface area contributed by atoms with Crippen molar-refractivity contribution in [3.8, 4) is 5.69 Å². The number of non-ortho nitro benzene ring substituents is 1. The van der Waals surface area contributed by atoms with Crippen LogP contribution in [0.2, 0.25) is 0 Å². The van der Waals surface area contributed by atoms with E-state index in [9.17, 15) is 24.5 Å². The van der Waals surface area contributed by atoms with Gasteiger partial charge in [0.15, 0.2) is 0 Å². The van der Waals surface area contributed by atoms with Gasteiger partial charge in [-0.1, -0.05) is 49.2 Å². The summed E-state index contributed by atoms with van der Waals surface area (Å²) in [7, 11) is 0. The highest BCUT2D eigenvalue weighted by molar-refractivity contribution is 5.79. The second kappa shape index (κ2) is 10.2. The Labute approximate surface area is 212 Å². The maximum Gasteiger partial charge on any atom is 0.336 e. The van der Waals surface area contributed by atoms with Crippen LogP contribution in [-0.2, 0) is 17.8 Å². The van der Waals surface area contributed by atoms with Gasteiger partial charge in [-0.25, -0.2) is 9.36 Å². The van der Waals surface area contributed by atoms with Gasteiger partial charge in [0.05, 0.1) is 34.5 Å². The first-order chi connectivity index (χ1) is 17.9. The van der Waals surface area contributed by atoms with Gasteiger partial charge < -0.3 is 5.32 Å². The van der Waals surface area contributed by atoms with Gasteiger partial charge in [0.25, 0.3) is 11.2 Å². The molecule has 0 bridgehead atoms. The fraction of sp³-hybridized carbons (Fsp3) is 0.250. The van der Waals surface area contributed by atoms with Crippen LogP contribution < -0.4 is 16.6 Å². The quantitative estimate of drug-likeness (QED) is 0.308. The lowest BCUT2D eigenvalue weighted by atomic mass is 10.1. The molecule has 0 unspecified atom stereocenters. The maximum atomic E-state index is 13.6. The molecule has 1 aliphatic rings. The fourth-order valence-electron chi connectivity index (χ4n) is 4.95. The minimum atomic E-state index is -0.554. The predicted octanol–water partition coefficient (Wildman–Crippen LogP) is 3.71. The van der Waals surface area contributed by atoms with Gasteiger partial charge in [-0.05, 0) is 48.2 Å². The Morgan fingerprint density at radius 2 is 1.68 bits per heavy atom. The van der Waals surface area contributed by atoms with Crippen LogP contribution in [0.3, 0.4) is 0 Å². The Kier molecular flexibility index (Phi) is 6.68. The summed E-state index contributed by atoms with van der Waals surface area (Å²) in [6, 6.07) is 19.9. The van der Waals surface area contributed by atoms with Crippen LogP contribution in [0.15, 0.2) is 82.4 Å². The summed E-state index contributed by atoms with van der Waals surface area (Å²) in [6.45, 7) is 0.0563. The first kappa shape index (κ1) is 24.2. The standard InChI is InChI=1S/C28H26N4O5/c33-26(29-21-7-1-2-8-21)17-19-12-14-22(15-13-19)31-27(34)24-10-3-4-11-25(24)30(28(31)35)18-20-6-5-9-23(16-20)32(36)37/h3-6,9-16,21H,1-2,7-8,17-18H2,(H,29,33). The molecular formula is C28H26N4O5. The number of hydrogen-bond acceptors (Lipinski definition) is 5. The molecule has 1 aliphatic carbocycles. The van der Waals surface area contributed by atoms with Crippen LogP contribution in [0.25, 0.3) is 16.6 Å². The van der Waals surface area contributed by atoms with E-state index in [0.29, 0.717) is 22.2 Å². The van der Waals surface area contributed by atoms with E-state index in [0.717, 1.165) is 35.8 Å². The average Bonchev–Trinajstić information content (AvgIpc) is 3.40. The van der Waals surface area contributed by atoms with E-state index in [4.69, 9.17) is 0 Å². The number of nitrogens with one attached hydrogen (secondary N) is 1. The normalized spacial score (nSPS) is 13.6. The maximum absolute atomic E-state index is 13.6. The summed E-state index contributed by atoms with van der Waals surface area (Å²) in [6.07, 6.45) is 4.52. The van der Waals surface area contributed by atoms with Crippen LogP contribution in [-0.4, -0.2) is 26.0 Å². The van der Waals surface area contributed by atoms with Crippen molar-refractivity contribution in [2.24, 2.45) is 0 Å². The number of hydrogen-bond donors (Lipinski definition) is 1. The summed E-state index contributed by atoms with van der Waals surface area (Å²) in [4.78, 5) is 50.1. The van der Waals surface area contributed by atoms with E-state index in [1.807, 2.05) is 0 Å². The number of nitro benzene ring substituents is 1. The molecule has 188 valence electrons. The number of rotatable bonds is 7. The van der Waals surface area contributed by atoms with Gasteiger partial charge in [0, 0.05) is 18.2 Å². The summed E-state index contributed by atoms with van der Waals surface area (Å²) in [5, 5.41) is 14.6. The number of benzene rings is 3. The van der Waals surface area contributed by atoms with Gasteiger partial charge in [-0.2, -0.15) is 0 Å². The zero-order valence-corrected chi connectivity index (χ0v) is 20.1. The molecule has 37 heavy (non-hydrogen) atoms. The molecule has 1 fully saturated rings. The third-order valence-corrected chi connectivity index (χ3v) is 6.79. The number of nitro groups is 1. The van der Waals surface area contributed by atoms with Gasteiger partial charge in [0.1, 0.15) is 0 Å². The number of para-hydroxylation sites is 1. The minimum Gasteiger partial charge on any atom is -0.353 e. The average molecular weight is 499 g/mol. The van der Waals surface area contributed by atoms with E-state index in [-0.39, 0.29) is 30.6 Å². The van der Waals surface area contributed by atoms with Crippen molar-refractivity contribution >= 4 is 22.5 Å². The van der Waals surface area contributed by atoms with Crippen LogP contribution in [0.1, 0.15) is 36.8 Å². The molecule has 0 aliphatic heterocycles. The van der Waals surface area contributed by atoms with Crippen molar-refractivity contribution in [2.75, 3.05) is 0 Å². The van der Waals surface area contributed by atoms with Crippen LogP contribution in [0.4, 0.5) is 5.69 Å². The first-order valence-corrected chi connectivity index (χ1v) is 12.3. The van der Waals surface area contributed by atoms with Crippen LogP contribution >= 0.6 is 0 Å². The molecule has 5 rings (SSSR count). The molecule has 1 aromatic heterocycles. The van der Waals surface area contributed by atoms with E-state index in [2.05, 4.69) is 5.32 Å². The second-order valence-corrected chi connectivity index (χ2v) is 9.35. The van der Waals surface area contributed by atoms with Crippen molar-refractivity contribution < 1.29 is 9.72 Å². The largest absolute Gasteiger partial charge is 0.353 e. The molecule has 0 atom stereocenters.